The van der Waals surface area contributed by atoms with Gasteiger partial charge in [-0.2, -0.15) is 0 Å². The van der Waals surface area contributed by atoms with Crippen molar-refractivity contribution in [1.29, 1.82) is 0 Å². The van der Waals surface area contributed by atoms with Crippen LogP contribution in [0.2, 0.25) is 0 Å². The van der Waals surface area contributed by atoms with Crippen LogP contribution in [0.25, 0.3) is 0 Å². The highest BCUT2D eigenvalue weighted by molar-refractivity contribution is 5.45. The van der Waals surface area contributed by atoms with Gasteiger partial charge in [0.1, 0.15) is 0 Å². The SMILES string of the molecule is CNCCC(NC)c1ccc2c(c1)OCO2. The summed E-state index contributed by atoms with van der Waals surface area (Å²) >= 11 is 0. The topological polar surface area (TPSA) is 42.5 Å². The summed E-state index contributed by atoms with van der Waals surface area (Å²) in [6, 6.07) is 6.46. The molecule has 1 atom stereocenters. The first-order chi connectivity index (χ1) is 7.85. The molecule has 1 heterocycles. The molecule has 0 fully saturated rings. The molecule has 0 aromatic heterocycles. The fourth-order valence-electron chi connectivity index (χ4n) is 1.90. The molecule has 2 N–H and O–H groups in total. The summed E-state index contributed by atoms with van der Waals surface area (Å²) in [6.07, 6.45) is 1.05. The van der Waals surface area contributed by atoms with Gasteiger partial charge >= 0.3 is 0 Å². The lowest BCUT2D eigenvalue weighted by molar-refractivity contribution is 0.174. The van der Waals surface area contributed by atoms with Crippen molar-refractivity contribution < 1.29 is 9.47 Å². The Morgan fingerprint density at radius 2 is 2.06 bits per heavy atom. The van der Waals surface area contributed by atoms with Crippen LogP contribution >= 0.6 is 0 Å². The molecular formula is C12H18N2O2. The van der Waals surface area contributed by atoms with E-state index in [-0.39, 0.29) is 0 Å². The Labute approximate surface area is 95.9 Å². The van der Waals surface area contributed by atoms with Crippen molar-refractivity contribution in [3.8, 4) is 11.5 Å². The quantitative estimate of drug-likeness (QED) is 0.787. The highest BCUT2D eigenvalue weighted by Gasteiger charge is 2.16. The molecule has 2 rings (SSSR count). The zero-order chi connectivity index (χ0) is 11.4. The summed E-state index contributed by atoms with van der Waals surface area (Å²) in [6.45, 7) is 1.32. The molecular weight excluding hydrogens is 204 g/mol. The summed E-state index contributed by atoms with van der Waals surface area (Å²) in [5, 5.41) is 6.47. The van der Waals surface area contributed by atoms with E-state index in [4.69, 9.17) is 9.47 Å². The Hall–Kier alpha value is -1.26. The summed E-state index contributed by atoms with van der Waals surface area (Å²) < 4.78 is 10.7. The maximum absolute atomic E-state index is 5.37. The van der Waals surface area contributed by atoms with E-state index in [9.17, 15) is 0 Å². The number of ether oxygens (including phenoxy) is 2. The van der Waals surface area contributed by atoms with Gasteiger partial charge in [-0.05, 0) is 44.8 Å². The van der Waals surface area contributed by atoms with Crippen LogP contribution in [-0.4, -0.2) is 27.4 Å². The molecule has 0 saturated carbocycles. The first kappa shape index (κ1) is 11.2. The molecule has 0 radical (unpaired) electrons. The van der Waals surface area contributed by atoms with Crippen molar-refractivity contribution in [3.63, 3.8) is 0 Å². The molecule has 1 aliphatic heterocycles. The Balaban J connectivity index is 2.12. The first-order valence-corrected chi connectivity index (χ1v) is 5.56. The maximum atomic E-state index is 5.37. The second kappa shape index (κ2) is 5.18. The summed E-state index contributed by atoms with van der Waals surface area (Å²) in [4.78, 5) is 0. The fraction of sp³-hybridized carbons (Fsp3) is 0.500. The molecule has 0 spiro atoms. The normalized spacial score (nSPS) is 15.1. The molecule has 16 heavy (non-hydrogen) atoms. The Morgan fingerprint density at radius 1 is 1.25 bits per heavy atom. The van der Waals surface area contributed by atoms with E-state index in [0.29, 0.717) is 12.8 Å². The molecule has 4 heteroatoms. The number of nitrogens with one attached hydrogen (secondary N) is 2. The number of rotatable bonds is 5. The van der Waals surface area contributed by atoms with Crippen molar-refractivity contribution in [2.24, 2.45) is 0 Å². The molecule has 0 amide bonds. The largest absolute Gasteiger partial charge is 0.454 e. The van der Waals surface area contributed by atoms with Gasteiger partial charge in [0.2, 0.25) is 6.79 Å². The molecule has 0 bridgehead atoms. The van der Waals surface area contributed by atoms with Crippen LogP contribution in [0.1, 0.15) is 18.0 Å². The van der Waals surface area contributed by atoms with Crippen LogP contribution in [-0.2, 0) is 0 Å². The summed E-state index contributed by atoms with van der Waals surface area (Å²) in [7, 11) is 3.94. The lowest BCUT2D eigenvalue weighted by atomic mass is 10.0. The molecule has 1 aliphatic rings. The van der Waals surface area contributed by atoms with Crippen LogP contribution in [0, 0.1) is 0 Å². The Morgan fingerprint density at radius 3 is 2.81 bits per heavy atom. The minimum Gasteiger partial charge on any atom is -0.454 e. The zero-order valence-electron chi connectivity index (χ0n) is 9.75. The number of benzene rings is 1. The van der Waals surface area contributed by atoms with E-state index in [1.54, 1.807) is 0 Å². The number of hydrogen-bond donors (Lipinski definition) is 2. The van der Waals surface area contributed by atoms with E-state index in [0.717, 1.165) is 24.5 Å². The van der Waals surface area contributed by atoms with Crippen LogP contribution in [0.15, 0.2) is 18.2 Å². The lowest BCUT2D eigenvalue weighted by Crippen LogP contribution is -2.21. The van der Waals surface area contributed by atoms with Crippen molar-refractivity contribution in [2.45, 2.75) is 12.5 Å². The second-order valence-corrected chi connectivity index (χ2v) is 3.85. The highest BCUT2D eigenvalue weighted by Crippen LogP contribution is 2.34. The van der Waals surface area contributed by atoms with Crippen molar-refractivity contribution in [3.05, 3.63) is 23.8 Å². The van der Waals surface area contributed by atoms with Gasteiger partial charge in [-0.25, -0.2) is 0 Å². The molecule has 1 aromatic rings. The molecule has 0 saturated heterocycles. The van der Waals surface area contributed by atoms with E-state index >= 15 is 0 Å². The lowest BCUT2D eigenvalue weighted by Gasteiger charge is -2.16. The monoisotopic (exact) mass is 222 g/mol. The van der Waals surface area contributed by atoms with Gasteiger partial charge < -0.3 is 20.1 Å². The predicted molar refractivity (Wildman–Crippen MR) is 62.9 cm³/mol. The fourth-order valence-corrected chi connectivity index (χ4v) is 1.90. The van der Waals surface area contributed by atoms with Gasteiger partial charge in [-0.3, -0.25) is 0 Å². The van der Waals surface area contributed by atoms with E-state index in [2.05, 4.69) is 22.8 Å². The standard InChI is InChI=1S/C12H18N2O2/c1-13-6-5-10(14-2)9-3-4-11-12(7-9)16-8-15-11/h3-4,7,10,13-14H,5-6,8H2,1-2H3. The molecule has 88 valence electrons. The van der Waals surface area contributed by atoms with Crippen LogP contribution in [0.3, 0.4) is 0 Å². The van der Waals surface area contributed by atoms with E-state index in [1.807, 2.05) is 20.2 Å². The maximum Gasteiger partial charge on any atom is 0.231 e. The Kier molecular flexibility index (Phi) is 3.64. The minimum absolute atomic E-state index is 0.333. The average molecular weight is 222 g/mol. The minimum atomic E-state index is 0.333. The average Bonchev–Trinajstić information content (AvgIpc) is 2.77. The zero-order valence-corrected chi connectivity index (χ0v) is 9.75. The molecule has 0 aliphatic carbocycles. The van der Waals surface area contributed by atoms with Crippen LogP contribution < -0.4 is 20.1 Å². The summed E-state index contributed by atoms with van der Waals surface area (Å²) in [5.41, 5.74) is 1.24. The highest BCUT2D eigenvalue weighted by atomic mass is 16.7. The van der Waals surface area contributed by atoms with Gasteiger partial charge in [-0.1, -0.05) is 6.07 Å². The smallest absolute Gasteiger partial charge is 0.231 e. The third-order valence-corrected chi connectivity index (χ3v) is 2.83. The van der Waals surface area contributed by atoms with Gasteiger partial charge in [0.25, 0.3) is 0 Å². The van der Waals surface area contributed by atoms with Crippen LogP contribution in [0.5, 0.6) is 11.5 Å². The molecule has 1 aromatic carbocycles. The first-order valence-electron chi connectivity index (χ1n) is 5.56. The van der Waals surface area contributed by atoms with Crippen molar-refractivity contribution in [2.75, 3.05) is 27.4 Å². The molecule has 1 unspecified atom stereocenters. The van der Waals surface area contributed by atoms with Crippen molar-refractivity contribution in [1.82, 2.24) is 10.6 Å². The van der Waals surface area contributed by atoms with Gasteiger partial charge in [-0.15, -0.1) is 0 Å². The third kappa shape index (κ3) is 2.28. The van der Waals surface area contributed by atoms with Gasteiger partial charge in [0, 0.05) is 6.04 Å². The van der Waals surface area contributed by atoms with Gasteiger partial charge in [0.05, 0.1) is 0 Å². The number of hydrogen-bond acceptors (Lipinski definition) is 4. The van der Waals surface area contributed by atoms with E-state index < -0.39 is 0 Å². The van der Waals surface area contributed by atoms with Gasteiger partial charge in [0.15, 0.2) is 11.5 Å². The second-order valence-electron chi connectivity index (χ2n) is 3.85. The van der Waals surface area contributed by atoms with Crippen LogP contribution in [0.4, 0.5) is 0 Å². The van der Waals surface area contributed by atoms with Crippen molar-refractivity contribution >= 4 is 0 Å². The predicted octanol–water partition coefficient (Wildman–Crippen LogP) is 1.29. The third-order valence-electron chi connectivity index (χ3n) is 2.83. The molecule has 4 nitrogen and oxygen atoms in total. The summed E-state index contributed by atoms with van der Waals surface area (Å²) in [5.74, 6) is 1.69. The number of fused-ring (bicyclic) bond motifs is 1. The Bertz CT molecular complexity index is 355. The van der Waals surface area contributed by atoms with E-state index in [1.165, 1.54) is 5.56 Å².